The zero-order valence-corrected chi connectivity index (χ0v) is 18.7. The lowest BCUT2D eigenvalue weighted by Gasteiger charge is -2.26. The number of fused-ring (bicyclic) bond motifs is 1. The Morgan fingerprint density at radius 3 is 2.63 bits per heavy atom. The zero-order chi connectivity index (χ0) is 21.3. The molecule has 3 aromatic heterocycles. The van der Waals surface area contributed by atoms with Gasteiger partial charge in [0.25, 0.3) is 0 Å². The van der Waals surface area contributed by atoms with Crippen LogP contribution in [0.15, 0.2) is 24.7 Å². The van der Waals surface area contributed by atoms with Crippen molar-refractivity contribution in [1.29, 1.82) is 5.26 Å². The van der Waals surface area contributed by atoms with E-state index in [1.165, 1.54) is 31.2 Å². The highest BCUT2D eigenvalue weighted by Crippen LogP contribution is 2.35. The molecular formula is C24H28ClN5. The van der Waals surface area contributed by atoms with E-state index in [1.807, 2.05) is 6.07 Å². The molecule has 4 rings (SSSR count). The van der Waals surface area contributed by atoms with Crippen molar-refractivity contribution in [2.75, 3.05) is 0 Å². The van der Waals surface area contributed by atoms with E-state index in [-0.39, 0.29) is 5.82 Å². The monoisotopic (exact) mass is 421 g/mol. The molecule has 156 valence electrons. The van der Waals surface area contributed by atoms with E-state index in [9.17, 15) is 5.26 Å². The van der Waals surface area contributed by atoms with E-state index in [0.29, 0.717) is 16.9 Å². The summed E-state index contributed by atoms with van der Waals surface area (Å²) in [6.45, 7) is 7.72. The molecule has 3 aromatic rings. The fourth-order valence-electron chi connectivity index (χ4n) is 4.58. The molecule has 0 aliphatic heterocycles. The number of nitrogens with zero attached hydrogens (tertiary/aromatic N) is 5. The predicted molar refractivity (Wildman–Crippen MR) is 120 cm³/mol. The topological polar surface area (TPSA) is 67.4 Å². The fraction of sp³-hybridized carbons (Fsp3) is 0.500. The summed E-state index contributed by atoms with van der Waals surface area (Å²) in [6.07, 6.45) is 11.6. The first-order chi connectivity index (χ1) is 14.4. The molecule has 3 heterocycles. The minimum absolute atomic E-state index is 0.187. The first-order valence-electron chi connectivity index (χ1n) is 10.8. The molecule has 1 saturated carbocycles. The molecule has 1 aliphatic rings. The van der Waals surface area contributed by atoms with Crippen molar-refractivity contribution < 1.29 is 0 Å². The van der Waals surface area contributed by atoms with Gasteiger partial charge in [0.05, 0.1) is 16.1 Å². The van der Waals surface area contributed by atoms with Gasteiger partial charge in [-0.1, -0.05) is 45.2 Å². The third kappa shape index (κ3) is 4.34. The number of hydrogen-bond acceptors (Lipinski definition) is 4. The van der Waals surface area contributed by atoms with Crippen molar-refractivity contribution in [3.8, 4) is 17.3 Å². The number of hydrogen-bond donors (Lipinski definition) is 0. The summed E-state index contributed by atoms with van der Waals surface area (Å²) in [7, 11) is 0. The van der Waals surface area contributed by atoms with Gasteiger partial charge in [-0.2, -0.15) is 5.26 Å². The highest BCUT2D eigenvalue weighted by atomic mass is 35.5. The Labute approximate surface area is 183 Å². The SMILES string of the molecule is CC(C)Cc1cn(CC2CCC(C)CC2)c2c(-c3cncc(Cl)c3)nc(C#N)nc12. The van der Waals surface area contributed by atoms with Gasteiger partial charge in [-0.3, -0.25) is 4.98 Å². The lowest BCUT2D eigenvalue weighted by molar-refractivity contribution is 0.267. The molecule has 6 heteroatoms. The van der Waals surface area contributed by atoms with Gasteiger partial charge < -0.3 is 4.57 Å². The fourth-order valence-corrected chi connectivity index (χ4v) is 4.75. The molecule has 0 aromatic carbocycles. The van der Waals surface area contributed by atoms with Crippen LogP contribution in [0.2, 0.25) is 5.02 Å². The highest BCUT2D eigenvalue weighted by molar-refractivity contribution is 6.30. The van der Waals surface area contributed by atoms with Gasteiger partial charge in [0, 0.05) is 30.7 Å². The Morgan fingerprint density at radius 2 is 1.97 bits per heavy atom. The van der Waals surface area contributed by atoms with Crippen molar-refractivity contribution in [3.05, 3.63) is 41.1 Å². The van der Waals surface area contributed by atoms with Gasteiger partial charge >= 0.3 is 0 Å². The Balaban J connectivity index is 1.88. The zero-order valence-electron chi connectivity index (χ0n) is 17.9. The predicted octanol–water partition coefficient (Wildman–Crippen LogP) is 6.04. The average Bonchev–Trinajstić information content (AvgIpc) is 3.05. The van der Waals surface area contributed by atoms with E-state index in [0.717, 1.165) is 41.2 Å². The summed E-state index contributed by atoms with van der Waals surface area (Å²) in [5.74, 6) is 2.17. The average molecular weight is 422 g/mol. The summed E-state index contributed by atoms with van der Waals surface area (Å²) in [5, 5.41) is 10.1. The second-order valence-corrected chi connectivity index (χ2v) is 9.56. The minimum Gasteiger partial charge on any atom is -0.344 e. The van der Waals surface area contributed by atoms with Crippen LogP contribution in [0.3, 0.4) is 0 Å². The maximum Gasteiger partial charge on any atom is 0.233 e. The van der Waals surface area contributed by atoms with Crippen LogP contribution in [0.5, 0.6) is 0 Å². The lowest BCUT2D eigenvalue weighted by Crippen LogP contribution is -2.17. The Bertz CT molecular complexity index is 1090. The van der Waals surface area contributed by atoms with Gasteiger partial charge in [-0.25, -0.2) is 9.97 Å². The summed E-state index contributed by atoms with van der Waals surface area (Å²) >= 11 is 6.22. The molecule has 1 fully saturated rings. The molecule has 0 radical (unpaired) electrons. The number of pyridine rings is 1. The Hall–Kier alpha value is -2.45. The van der Waals surface area contributed by atoms with Crippen molar-refractivity contribution in [2.45, 2.75) is 59.4 Å². The number of aromatic nitrogens is 4. The summed E-state index contributed by atoms with van der Waals surface area (Å²) < 4.78 is 2.32. The number of rotatable bonds is 5. The van der Waals surface area contributed by atoms with Gasteiger partial charge in [0.15, 0.2) is 0 Å². The van der Waals surface area contributed by atoms with Crippen molar-refractivity contribution >= 4 is 22.6 Å². The van der Waals surface area contributed by atoms with E-state index in [1.54, 1.807) is 12.4 Å². The molecular weight excluding hydrogens is 394 g/mol. The minimum atomic E-state index is 0.187. The maximum absolute atomic E-state index is 9.56. The van der Waals surface area contributed by atoms with E-state index < -0.39 is 0 Å². The van der Waals surface area contributed by atoms with Crippen molar-refractivity contribution in [3.63, 3.8) is 0 Å². The molecule has 0 amide bonds. The van der Waals surface area contributed by atoms with Gasteiger partial charge in [0.2, 0.25) is 5.82 Å². The lowest BCUT2D eigenvalue weighted by atomic mass is 9.83. The van der Waals surface area contributed by atoms with E-state index in [4.69, 9.17) is 11.6 Å². The van der Waals surface area contributed by atoms with Crippen LogP contribution < -0.4 is 0 Å². The normalized spacial score (nSPS) is 19.3. The van der Waals surface area contributed by atoms with E-state index in [2.05, 4.69) is 52.6 Å². The standard InChI is InChI=1S/C24H28ClN5/c1-15(2)8-19-14-30(13-17-6-4-16(3)5-7-17)24-22(18-9-20(25)12-27-11-18)28-21(10-26)29-23(19)24/h9,11-12,14-17H,4-8,13H2,1-3H3. The second-order valence-electron chi connectivity index (χ2n) is 9.13. The second kappa shape index (κ2) is 8.73. The third-order valence-corrected chi connectivity index (χ3v) is 6.29. The molecule has 0 saturated heterocycles. The molecule has 1 aliphatic carbocycles. The van der Waals surface area contributed by atoms with Crippen LogP contribution in [-0.4, -0.2) is 19.5 Å². The number of halogens is 1. The summed E-state index contributed by atoms with van der Waals surface area (Å²) in [6, 6.07) is 4.00. The van der Waals surface area contributed by atoms with Gasteiger partial charge in [-0.15, -0.1) is 0 Å². The van der Waals surface area contributed by atoms with Crippen molar-refractivity contribution in [2.24, 2.45) is 17.8 Å². The van der Waals surface area contributed by atoms with Crippen LogP contribution >= 0.6 is 11.6 Å². The smallest absolute Gasteiger partial charge is 0.233 e. The quantitative estimate of drug-likeness (QED) is 0.503. The molecule has 0 unspecified atom stereocenters. The summed E-state index contributed by atoms with van der Waals surface area (Å²) in [4.78, 5) is 13.5. The Kier molecular flexibility index (Phi) is 6.06. The molecule has 5 nitrogen and oxygen atoms in total. The van der Waals surface area contributed by atoms with Gasteiger partial charge in [0.1, 0.15) is 11.8 Å². The first kappa shape index (κ1) is 20.8. The van der Waals surface area contributed by atoms with E-state index >= 15 is 0 Å². The molecule has 30 heavy (non-hydrogen) atoms. The molecule has 0 bridgehead atoms. The van der Waals surface area contributed by atoms with Crippen LogP contribution in [0.25, 0.3) is 22.3 Å². The van der Waals surface area contributed by atoms with Crippen molar-refractivity contribution in [1.82, 2.24) is 19.5 Å². The van der Waals surface area contributed by atoms with Gasteiger partial charge in [-0.05, 0) is 48.6 Å². The largest absolute Gasteiger partial charge is 0.344 e. The van der Waals surface area contributed by atoms with Crippen LogP contribution in [0.1, 0.15) is 57.8 Å². The molecule has 0 atom stereocenters. The Morgan fingerprint density at radius 1 is 1.20 bits per heavy atom. The third-order valence-electron chi connectivity index (χ3n) is 6.08. The maximum atomic E-state index is 9.56. The molecule has 0 N–H and O–H groups in total. The number of nitriles is 1. The summed E-state index contributed by atoms with van der Waals surface area (Å²) in [5.41, 5.74) is 4.62. The van der Waals surface area contributed by atoms with Crippen LogP contribution in [0, 0.1) is 29.1 Å². The van der Waals surface area contributed by atoms with Crippen LogP contribution in [0.4, 0.5) is 0 Å². The van der Waals surface area contributed by atoms with Crippen LogP contribution in [-0.2, 0) is 13.0 Å². The highest BCUT2D eigenvalue weighted by Gasteiger charge is 2.23. The molecule has 0 spiro atoms. The first-order valence-corrected chi connectivity index (χ1v) is 11.2.